The number of aliphatic hydroxyl groups excluding tert-OH is 1. The molecule has 1 saturated heterocycles. The van der Waals surface area contributed by atoms with Gasteiger partial charge in [-0.1, -0.05) is 13.8 Å². The van der Waals surface area contributed by atoms with E-state index >= 15 is 0 Å². The molecular formula is C11H24N2O2. The molecule has 0 aromatic rings. The van der Waals surface area contributed by atoms with E-state index in [-0.39, 0.29) is 18.1 Å². The number of methoxy groups -OCH3 is 1. The number of ether oxygens (including phenoxy) is 1. The zero-order valence-electron chi connectivity index (χ0n) is 10.1. The molecule has 1 atom stereocenters. The fraction of sp³-hybridized carbons (Fsp3) is 1.00. The van der Waals surface area contributed by atoms with Gasteiger partial charge in [-0.15, -0.1) is 0 Å². The van der Waals surface area contributed by atoms with Gasteiger partial charge in [-0.25, -0.2) is 0 Å². The molecule has 1 heterocycles. The molecule has 0 aliphatic carbocycles. The number of hydrogen-bond acceptors (Lipinski definition) is 4. The van der Waals surface area contributed by atoms with Gasteiger partial charge in [0.15, 0.2) is 0 Å². The molecule has 15 heavy (non-hydrogen) atoms. The summed E-state index contributed by atoms with van der Waals surface area (Å²) < 4.78 is 5.10. The maximum Gasteiger partial charge on any atom is 0.0597 e. The zero-order valence-corrected chi connectivity index (χ0v) is 10.1. The normalized spacial score (nSPS) is 27.6. The Bertz CT molecular complexity index is 185. The highest BCUT2D eigenvalue weighted by Crippen LogP contribution is 2.18. The number of nitrogens with one attached hydrogen (secondary N) is 1. The lowest BCUT2D eigenvalue weighted by atomic mass is 9.93. The monoisotopic (exact) mass is 216 g/mol. The second-order valence-electron chi connectivity index (χ2n) is 5.15. The van der Waals surface area contributed by atoms with Crippen LogP contribution in [0.4, 0.5) is 0 Å². The lowest BCUT2D eigenvalue weighted by Gasteiger charge is -2.28. The molecule has 0 amide bonds. The van der Waals surface area contributed by atoms with Crippen LogP contribution in [-0.2, 0) is 4.74 Å². The van der Waals surface area contributed by atoms with E-state index in [0.29, 0.717) is 0 Å². The number of rotatable bonds is 4. The van der Waals surface area contributed by atoms with Crippen molar-refractivity contribution in [1.82, 2.24) is 10.2 Å². The summed E-state index contributed by atoms with van der Waals surface area (Å²) in [6, 6.07) is 0.198. The first kappa shape index (κ1) is 12.9. The molecule has 0 bridgehead atoms. The summed E-state index contributed by atoms with van der Waals surface area (Å²) in [5.41, 5.74) is 0.262. The van der Waals surface area contributed by atoms with Gasteiger partial charge in [0.2, 0.25) is 0 Å². The fourth-order valence-electron chi connectivity index (χ4n) is 2.04. The van der Waals surface area contributed by atoms with E-state index in [1.165, 1.54) is 0 Å². The summed E-state index contributed by atoms with van der Waals surface area (Å²) in [6.07, 6.45) is 0. The lowest BCUT2D eigenvalue weighted by molar-refractivity contribution is 0.122. The van der Waals surface area contributed by atoms with Crippen LogP contribution in [0.2, 0.25) is 0 Å². The van der Waals surface area contributed by atoms with Crippen molar-refractivity contribution < 1.29 is 9.84 Å². The molecule has 0 radical (unpaired) electrons. The molecule has 1 rings (SSSR count). The minimum atomic E-state index is 0.198. The first-order chi connectivity index (χ1) is 7.07. The largest absolute Gasteiger partial charge is 0.395 e. The van der Waals surface area contributed by atoms with Crippen LogP contribution in [0.15, 0.2) is 0 Å². The van der Waals surface area contributed by atoms with Crippen LogP contribution >= 0.6 is 0 Å². The standard InChI is InChI=1S/C11H24N2O2/c1-11(2)8-12-10(7-14)6-13(9-11)4-5-15-3/h10,12,14H,4-9H2,1-3H3. The van der Waals surface area contributed by atoms with Gasteiger partial charge in [0, 0.05) is 39.3 Å². The third-order valence-electron chi connectivity index (χ3n) is 2.83. The second-order valence-corrected chi connectivity index (χ2v) is 5.15. The molecule has 4 nitrogen and oxygen atoms in total. The maximum atomic E-state index is 9.21. The van der Waals surface area contributed by atoms with Gasteiger partial charge in [0.25, 0.3) is 0 Å². The van der Waals surface area contributed by atoms with Gasteiger partial charge in [-0.05, 0) is 5.41 Å². The van der Waals surface area contributed by atoms with E-state index in [1.54, 1.807) is 7.11 Å². The van der Waals surface area contributed by atoms with Crippen LogP contribution in [-0.4, -0.2) is 62.6 Å². The van der Waals surface area contributed by atoms with E-state index in [2.05, 4.69) is 24.1 Å². The Kier molecular flexibility index (Phi) is 4.99. The first-order valence-corrected chi connectivity index (χ1v) is 5.63. The highest BCUT2D eigenvalue weighted by atomic mass is 16.5. The lowest BCUT2D eigenvalue weighted by Crippen LogP contribution is -2.41. The third-order valence-corrected chi connectivity index (χ3v) is 2.83. The van der Waals surface area contributed by atoms with Crippen LogP contribution < -0.4 is 5.32 Å². The van der Waals surface area contributed by atoms with Crippen LogP contribution in [0, 0.1) is 5.41 Å². The van der Waals surface area contributed by atoms with E-state index in [0.717, 1.165) is 32.8 Å². The SMILES string of the molecule is COCCN1CC(CO)NCC(C)(C)C1. The summed E-state index contributed by atoms with van der Waals surface area (Å²) in [5, 5.41) is 12.6. The van der Waals surface area contributed by atoms with Gasteiger partial charge in [0.1, 0.15) is 0 Å². The predicted octanol–water partition coefficient (Wildman–Crippen LogP) is -0.0749. The summed E-state index contributed by atoms with van der Waals surface area (Å²) in [6.45, 7) is 9.33. The molecule has 0 spiro atoms. The smallest absolute Gasteiger partial charge is 0.0597 e. The van der Waals surface area contributed by atoms with Crippen molar-refractivity contribution in [3.05, 3.63) is 0 Å². The van der Waals surface area contributed by atoms with Crippen LogP contribution in [0.3, 0.4) is 0 Å². The minimum Gasteiger partial charge on any atom is -0.395 e. The summed E-state index contributed by atoms with van der Waals surface area (Å²) >= 11 is 0. The molecule has 1 aliphatic rings. The molecule has 1 fully saturated rings. The van der Waals surface area contributed by atoms with Gasteiger partial charge >= 0.3 is 0 Å². The summed E-state index contributed by atoms with van der Waals surface area (Å²) in [4.78, 5) is 2.37. The van der Waals surface area contributed by atoms with E-state index < -0.39 is 0 Å². The molecule has 0 aromatic heterocycles. The first-order valence-electron chi connectivity index (χ1n) is 5.63. The van der Waals surface area contributed by atoms with Crippen molar-refractivity contribution in [2.75, 3.05) is 46.5 Å². The third kappa shape index (κ3) is 4.47. The molecule has 0 aromatic carbocycles. The molecule has 90 valence electrons. The molecule has 4 heteroatoms. The Labute approximate surface area is 92.6 Å². The predicted molar refractivity (Wildman–Crippen MR) is 61.0 cm³/mol. The number of nitrogens with zero attached hydrogens (tertiary/aromatic N) is 1. The topological polar surface area (TPSA) is 44.7 Å². The zero-order chi connectivity index (χ0) is 11.3. The van der Waals surface area contributed by atoms with Gasteiger partial charge in [0.05, 0.1) is 13.2 Å². The van der Waals surface area contributed by atoms with E-state index in [9.17, 15) is 5.11 Å². The van der Waals surface area contributed by atoms with E-state index in [4.69, 9.17) is 4.74 Å². The highest BCUT2D eigenvalue weighted by Gasteiger charge is 2.27. The van der Waals surface area contributed by atoms with Crippen molar-refractivity contribution in [3.63, 3.8) is 0 Å². The average Bonchev–Trinajstić information content (AvgIpc) is 2.33. The number of hydrogen-bond donors (Lipinski definition) is 2. The van der Waals surface area contributed by atoms with Crippen molar-refractivity contribution >= 4 is 0 Å². The molecule has 0 saturated carbocycles. The Morgan fingerprint density at radius 3 is 2.87 bits per heavy atom. The fourth-order valence-corrected chi connectivity index (χ4v) is 2.04. The minimum absolute atomic E-state index is 0.198. The average molecular weight is 216 g/mol. The Hall–Kier alpha value is -0.160. The Morgan fingerprint density at radius 1 is 1.53 bits per heavy atom. The summed E-state index contributed by atoms with van der Waals surface area (Å²) in [7, 11) is 1.73. The van der Waals surface area contributed by atoms with Gasteiger partial charge in [-0.3, -0.25) is 4.90 Å². The van der Waals surface area contributed by atoms with Crippen molar-refractivity contribution in [2.45, 2.75) is 19.9 Å². The summed E-state index contributed by atoms with van der Waals surface area (Å²) in [5.74, 6) is 0. The molecule has 1 unspecified atom stereocenters. The molecular weight excluding hydrogens is 192 g/mol. The van der Waals surface area contributed by atoms with Crippen molar-refractivity contribution in [1.29, 1.82) is 0 Å². The van der Waals surface area contributed by atoms with Crippen LogP contribution in [0.1, 0.15) is 13.8 Å². The highest BCUT2D eigenvalue weighted by molar-refractivity contribution is 4.85. The Morgan fingerprint density at radius 2 is 2.27 bits per heavy atom. The van der Waals surface area contributed by atoms with Gasteiger partial charge < -0.3 is 15.2 Å². The second kappa shape index (κ2) is 5.80. The molecule has 2 N–H and O–H groups in total. The number of aliphatic hydroxyl groups is 1. The Balaban J connectivity index is 2.51. The quantitative estimate of drug-likeness (QED) is 0.690. The maximum absolute atomic E-state index is 9.21. The van der Waals surface area contributed by atoms with Gasteiger partial charge in [-0.2, -0.15) is 0 Å². The van der Waals surface area contributed by atoms with Crippen molar-refractivity contribution in [2.24, 2.45) is 5.41 Å². The van der Waals surface area contributed by atoms with Crippen molar-refractivity contribution in [3.8, 4) is 0 Å². The van der Waals surface area contributed by atoms with Crippen LogP contribution in [0.5, 0.6) is 0 Å². The van der Waals surface area contributed by atoms with Crippen LogP contribution in [0.25, 0.3) is 0 Å². The van der Waals surface area contributed by atoms with E-state index in [1.807, 2.05) is 0 Å². The molecule has 1 aliphatic heterocycles.